The quantitative estimate of drug-likeness (QED) is 0.295. The molecule has 0 aliphatic heterocycles. The zero-order valence-corrected chi connectivity index (χ0v) is 18.9. The van der Waals surface area contributed by atoms with E-state index in [9.17, 15) is 4.79 Å². The number of rotatable bonds is 6. The summed E-state index contributed by atoms with van der Waals surface area (Å²) in [5, 5.41) is 0. The van der Waals surface area contributed by atoms with E-state index in [0.717, 1.165) is 38.4 Å². The van der Waals surface area contributed by atoms with Crippen LogP contribution in [0.25, 0.3) is 16.9 Å². The summed E-state index contributed by atoms with van der Waals surface area (Å²) in [4.78, 5) is 11.8. The molecule has 1 aromatic heterocycles. The molecule has 0 amide bonds. The molecular weight excluding hydrogens is 454 g/mol. The smallest absolute Gasteiger partial charge is 0.337 e. The number of carbonyl (C=O) groups excluding carboxylic acids is 1. The van der Waals surface area contributed by atoms with Crippen LogP contribution >= 0.6 is 15.9 Å². The van der Waals surface area contributed by atoms with Gasteiger partial charge in [0.15, 0.2) is 0 Å². The zero-order chi connectivity index (χ0) is 21.8. The summed E-state index contributed by atoms with van der Waals surface area (Å²) in [6.07, 6.45) is 0. The molecule has 1 heterocycles. The summed E-state index contributed by atoms with van der Waals surface area (Å²) in [5.41, 5.74) is 5.66. The van der Waals surface area contributed by atoms with E-state index in [1.807, 2.05) is 54.6 Å². The minimum Gasteiger partial charge on any atom is -0.488 e. The van der Waals surface area contributed by atoms with E-state index in [-0.39, 0.29) is 5.97 Å². The van der Waals surface area contributed by atoms with Crippen LogP contribution in [0.2, 0.25) is 0 Å². The minimum absolute atomic E-state index is 0.348. The Hall–Kier alpha value is -3.31. The largest absolute Gasteiger partial charge is 0.488 e. The molecule has 156 valence electrons. The number of aromatic nitrogens is 1. The molecule has 0 aliphatic carbocycles. The standard InChI is InChI=1S/C26H22BrNO3/c1-18-8-14-24(28(18)22-12-9-20(10-13-22)26(29)30-2)23-16-21(27)11-15-25(23)31-17-19-6-4-3-5-7-19/h3-16H,17H2,1-2H3. The van der Waals surface area contributed by atoms with Gasteiger partial charge in [-0.1, -0.05) is 46.3 Å². The fourth-order valence-electron chi connectivity index (χ4n) is 3.52. The fraction of sp³-hybridized carbons (Fsp3) is 0.115. The highest BCUT2D eigenvalue weighted by molar-refractivity contribution is 9.10. The topological polar surface area (TPSA) is 40.5 Å². The lowest BCUT2D eigenvalue weighted by Crippen LogP contribution is -2.04. The summed E-state index contributed by atoms with van der Waals surface area (Å²) in [5.74, 6) is 0.456. The van der Waals surface area contributed by atoms with Gasteiger partial charge in [0.2, 0.25) is 0 Å². The lowest BCUT2D eigenvalue weighted by molar-refractivity contribution is 0.0600. The van der Waals surface area contributed by atoms with Gasteiger partial charge in [0, 0.05) is 21.4 Å². The Labute approximate surface area is 190 Å². The summed E-state index contributed by atoms with van der Waals surface area (Å²) in [6, 6.07) is 27.7. The van der Waals surface area contributed by atoms with Crippen molar-refractivity contribution in [1.82, 2.24) is 4.57 Å². The maximum Gasteiger partial charge on any atom is 0.337 e. The van der Waals surface area contributed by atoms with Gasteiger partial charge in [-0.3, -0.25) is 0 Å². The molecule has 0 aliphatic rings. The Kier molecular flexibility index (Phi) is 6.23. The molecule has 0 N–H and O–H groups in total. The van der Waals surface area contributed by atoms with Crippen LogP contribution in [0, 0.1) is 6.92 Å². The average molecular weight is 476 g/mol. The van der Waals surface area contributed by atoms with Crippen LogP contribution in [0.15, 0.2) is 89.4 Å². The Morgan fingerprint density at radius 3 is 2.39 bits per heavy atom. The van der Waals surface area contributed by atoms with Crippen molar-refractivity contribution in [1.29, 1.82) is 0 Å². The van der Waals surface area contributed by atoms with Crippen molar-refractivity contribution in [2.45, 2.75) is 13.5 Å². The van der Waals surface area contributed by atoms with E-state index >= 15 is 0 Å². The number of ether oxygens (including phenoxy) is 2. The van der Waals surface area contributed by atoms with Crippen LogP contribution in [-0.4, -0.2) is 17.6 Å². The number of carbonyl (C=O) groups is 1. The highest BCUT2D eigenvalue weighted by Crippen LogP contribution is 2.36. The van der Waals surface area contributed by atoms with Crippen LogP contribution < -0.4 is 4.74 Å². The van der Waals surface area contributed by atoms with Crippen molar-refractivity contribution in [3.63, 3.8) is 0 Å². The number of methoxy groups -OCH3 is 1. The molecule has 0 radical (unpaired) electrons. The molecule has 0 saturated heterocycles. The first-order valence-corrected chi connectivity index (χ1v) is 10.7. The maximum atomic E-state index is 11.8. The van der Waals surface area contributed by atoms with Crippen molar-refractivity contribution in [3.05, 3.63) is 106 Å². The van der Waals surface area contributed by atoms with Crippen LogP contribution in [0.4, 0.5) is 0 Å². The molecule has 4 aromatic rings. The molecule has 31 heavy (non-hydrogen) atoms. The number of nitrogens with zero attached hydrogens (tertiary/aromatic N) is 1. The molecule has 0 unspecified atom stereocenters. The first-order valence-electron chi connectivity index (χ1n) is 9.90. The molecule has 0 fully saturated rings. The molecular formula is C26H22BrNO3. The number of halogens is 1. The van der Waals surface area contributed by atoms with Crippen molar-refractivity contribution < 1.29 is 14.3 Å². The SMILES string of the molecule is COC(=O)c1ccc(-n2c(C)ccc2-c2cc(Br)ccc2OCc2ccccc2)cc1. The number of hydrogen-bond acceptors (Lipinski definition) is 3. The lowest BCUT2D eigenvalue weighted by Gasteiger charge is -2.16. The first-order chi connectivity index (χ1) is 15.1. The summed E-state index contributed by atoms with van der Waals surface area (Å²) in [6.45, 7) is 2.54. The average Bonchev–Trinajstić information content (AvgIpc) is 3.19. The van der Waals surface area contributed by atoms with E-state index in [1.165, 1.54) is 7.11 Å². The third-order valence-electron chi connectivity index (χ3n) is 5.08. The number of hydrogen-bond donors (Lipinski definition) is 0. The number of aryl methyl sites for hydroxylation is 1. The van der Waals surface area contributed by atoms with Gasteiger partial charge < -0.3 is 14.0 Å². The Morgan fingerprint density at radius 1 is 0.935 bits per heavy atom. The van der Waals surface area contributed by atoms with Gasteiger partial charge in [0.25, 0.3) is 0 Å². The second-order valence-corrected chi connectivity index (χ2v) is 8.06. The molecule has 0 saturated carbocycles. The van der Waals surface area contributed by atoms with Crippen molar-refractivity contribution >= 4 is 21.9 Å². The number of benzene rings is 3. The van der Waals surface area contributed by atoms with E-state index in [4.69, 9.17) is 9.47 Å². The monoisotopic (exact) mass is 475 g/mol. The Bertz CT molecular complexity index is 1200. The Balaban J connectivity index is 1.72. The van der Waals surface area contributed by atoms with Gasteiger partial charge >= 0.3 is 5.97 Å². The summed E-state index contributed by atoms with van der Waals surface area (Å²) in [7, 11) is 1.38. The third kappa shape index (κ3) is 4.57. The molecule has 5 heteroatoms. The predicted octanol–water partition coefficient (Wildman–Crippen LogP) is 6.58. The Morgan fingerprint density at radius 2 is 1.68 bits per heavy atom. The number of esters is 1. The summed E-state index contributed by atoms with van der Waals surface area (Å²) >= 11 is 3.59. The first kappa shape index (κ1) is 20.9. The molecule has 0 bridgehead atoms. The minimum atomic E-state index is -0.348. The molecule has 0 atom stereocenters. The second kappa shape index (κ2) is 9.23. The van der Waals surface area contributed by atoms with Gasteiger partial charge in [-0.05, 0) is 67.1 Å². The molecule has 4 nitrogen and oxygen atoms in total. The van der Waals surface area contributed by atoms with Gasteiger partial charge in [0.05, 0.1) is 18.4 Å². The van der Waals surface area contributed by atoms with E-state index in [2.05, 4.69) is 45.6 Å². The van der Waals surface area contributed by atoms with Crippen LogP contribution in [-0.2, 0) is 11.3 Å². The van der Waals surface area contributed by atoms with Gasteiger partial charge in [-0.15, -0.1) is 0 Å². The zero-order valence-electron chi connectivity index (χ0n) is 17.3. The van der Waals surface area contributed by atoms with E-state index in [0.29, 0.717) is 12.2 Å². The second-order valence-electron chi connectivity index (χ2n) is 7.15. The molecule has 0 spiro atoms. The normalized spacial score (nSPS) is 10.7. The van der Waals surface area contributed by atoms with Crippen molar-refractivity contribution in [3.8, 4) is 22.7 Å². The highest BCUT2D eigenvalue weighted by atomic mass is 79.9. The fourth-order valence-corrected chi connectivity index (χ4v) is 3.88. The van der Waals surface area contributed by atoms with Crippen molar-refractivity contribution in [2.75, 3.05) is 7.11 Å². The maximum absolute atomic E-state index is 11.8. The van der Waals surface area contributed by atoms with E-state index in [1.54, 1.807) is 12.1 Å². The predicted molar refractivity (Wildman–Crippen MR) is 126 cm³/mol. The van der Waals surface area contributed by atoms with Crippen LogP contribution in [0.5, 0.6) is 5.75 Å². The summed E-state index contributed by atoms with van der Waals surface area (Å²) < 4.78 is 14.1. The highest BCUT2D eigenvalue weighted by Gasteiger charge is 2.15. The lowest BCUT2D eigenvalue weighted by atomic mass is 10.1. The third-order valence-corrected chi connectivity index (χ3v) is 5.57. The van der Waals surface area contributed by atoms with Crippen molar-refractivity contribution in [2.24, 2.45) is 0 Å². The van der Waals surface area contributed by atoms with Crippen LogP contribution in [0.3, 0.4) is 0 Å². The molecule has 4 rings (SSSR count). The van der Waals surface area contributed by atoms with Crippen LogP contribution in [0.1, 0.15) is 21.6 Å². The van der Waals surface area contributed by atoms with E-state index < -0.39 is 0 Å². The van der Waals surface area contributed by atoms with Gasteiger partial charge in [0.1, 0.15) is 12.4 Å². The molecule has 3 aromatic carbocycles. The van der Waals surface area contributed by atoms with Gasteiger partial charge in [-0.25, -0.2) is 4.79 Å². The van der Waals surface area contributed by atoms with Gasteiger partial charge in [-0.2, -0.15) is 0 Å².